The minimum Gasteiger partial charge on any atom is -0.370 e. The Labute approximate surface area is 153 Å². The summed E-state index contributed by atoms with van der Waals surface area (Å²) in [6.45, 7) is 3.01. The van der Waals surface area contributed by atoms with Gasteiger partial charge in [0.1, 0.15) is 11.5 Å². The first-order valence-electron chi connectivity index (χ1n) is 9.43. The molecular weight excluding hydrogens is 330 g/mol. The van der Waals surface area contributed by atoms with Crippen LogP contribution in [0.15, 0.2) is 24.3 Å². The highest BCUT2D eigenvalue weighted by Gasteiger charge is 2.30. The van der Waals surface area contributed by atoms with Gasteiger partial charge in [0.25, 0.3) is 5.69 Å². The highest BCUT2D eigenvalue weighted by atomic mass is 16.6. The molecule has 7 nitrogen and oxygen atoms in total. The van der Waals surface area contributed by atoms with E-state index < -0.39 is 0 Å². The van der Waals surface area contributed by atoms with Crippen LogP contribution in [0.4, 0.5) is 11.5 Å². The summed E-state index contributed by atoms with van der Waals surface area (Å²) >= 11 is 0. The number of nitrogens with one attached hydrogen (secondary N) is 1. The second-order valence-corrected chi connectivity index (χ2v) is 7.36. The van der Waals surface area contributed by atoms with E-state index in [9.17, 15) is 10.1 Å². The van der Waals surface area contributed by atoms with Crippen molar-refractivity contribution < 1.29 is 4.92 Å². The number of aromatic nitrogens is 2. The van der Waals surface area contributed by atoms with Crippen LogP contribution in [0.1, 0.15) is 42.9 Å². The maximum atomic E-state index is 11.5. The van der Waals surface area contributed by atoms with Gasteiger partial charge >= 0.3 is 0 Å². The largest absolute Gasteiger partial charge is 0.370 e. The van der Waals surface area contributed by atoms with Gasteiger partial charge in [-0.15, -0.1) is 0 Å². The summed E-state index contributed by atoms with van der Waals surface area (Å²) in [7, 11) is 2.15. The number of fused-ring (bicyclic) bond motifs is 1. The molecule has 0 bridgehead atoms. The summed E-state index contributed by atoms with van der Waals surface area (Å²) in [4.78, 5) is 13.6. The van der Waals surface area contributed by atoms with Crippen molar-refractivity contribution in [2.24, 2.45) is 0 Å². The molecule has 1 aromatic carbocycles. The van der Waals surface area contributed by atoms with Crippen molar-refractivity contribution in [3.05, 3.63) is 45.6 Å². The van der Waals surface area contributed by atoms with Gasteiger partial charge in [-0.05, 0) is 51.8 Å². The third-order valence-electron chi connectivity index (χ3n) is 5.48. The number of hydrogen-bond acceptors (Lipinski definition) is 5. The summed E-state index contributed by atoms with van der Waals surface area (Å²) in [5, 5.41) is 19.9. The number of likely N-dealkylation sites (tertiary alicyclic amines) is 1. The van der Waals surface area contributed by atoms with Crippen molar-refractivity contribution in [2.45, 2.75) is 38.0 Å². The first-order valence-corrected chi connectivity index (χ1v) is 9.43. The van der Waals surface area contributed by atoms with E-state index in [0.29, 0.717) is 11.6 Å². The number of nitrogens with zero attached hydrogens (tertiary/aromatic N) is 4. The van der Waals surface area contributed by atoms with Gasteiger partial charge in [0, 0.05) is 30.6 Å². The molecule has 0 spiro atoms. The number of rotatable bonds is 3. The summed E-state index contributed by atoms with van der Waals surface area (Å²) in [5.41, 5.74) is 3.01. The SMILES string of the molecule is CN1CCCC(c2nn(-c3ccccc3[N+](=O)[O-])c3c2CCCCN3)C1. The monoisotopic (exact) mass is 355 g/mol. The Kier molecular flexibility index (Phi) is 4.63. The second-order valence-electron chi connectivity index (χ2n) is 7.36. The van der Waals surface area contributed by atoms with Gasteiger partial charge in [-0.2, -0.15) is 5.10 Å². The van der Waals surface area contributed by atoms with Gasteiger partial charge in [0.15, 0.2) is 0 Å². The minimum atomic E-state index is -0.325. The van der Waals surface area contributed by atoms with E-state index in [1.807, 2.05) is 6.07 Å². The van der Waals surface area contributed by atoms with E-state index in [1.165, 1.54) is 12.0 Å². The quantitative estimate of drug-likeness (QED) is 0.675. The Morgan fingerprint density at radius 2 is 2.12 bits per heavy atom. The lowest BCUT2D eigenvalue weighted by molar-refractivity contribution is -0.384. The van der Waals surface area contributed by atoms with Crippen LogP contribution in [0.5, 0.6) is 0 Å². The van der Waals surface area contributed by atoms with Crippen molar-refractivity contribution in [3.8, 4) is 5.69 Å². The topological polar surface area (TPSA) is 76.2 Å². The molecule has 1 fully saturated rings. The Bertz CT molecular complexity index is 816. The second kappa shape index (κ2) is 7.07. The van der Waals surface area contributed by atoms with Crippen LogP contribution in [-0.4, -0.2) is 46.3 Å². The normalized spacial score (nSPS) is 20.9. The van der Waals surface area contributed by atoms with Gasteiger partial charge in [-0.25, -0.2) is 4.68 Å². The van der Waals surface area contributed by atoms with Gasteiger partial charge in [-0.1, -0.05) is 12.1 Å². The van der Waals surface area contributed by atoms with E-state index in [1.54, 1.807) is 22.9 Å². The molecule has 1 unspecified atom stereocenters. The van der Waals surface area contributed by atoms with Crippen molar-refractivity contribution >= 4 is 11.5 Å². The molecule has 1 aromatic heterocycles. The van der Waals surface area contributed by atoms with Crippen LogP contribution < -0.4 is 5.32 Å². The van der Waals surface area contributed by atoms with Crippen molar-refractivity contribution in [1.82, 2.24) is 14.7 Å². The van der Waals surface area contributed by atoms with Crippen LogP contribution in [0.2, 0.25) is 0 Å². The summed E-state index contributed by atoms with van der Waals surface area (Å²) in [6, 6.07) is 6.87. The zero-order chi connectivity index (χ0) is 18.1. The van der Waals surface area contributed by atoms with Crippen LogP contribution in [0, 0.1) is 10.1 Å². The molecule has 0 radical (unpaired) electrons. The fraction of sp³-hybridized carbons (Fsp3) is 0.526. The summed E-state index contributed by atoms with van der Waals surface area (Å²) in [5.74, 6) is 1.34. The Morgan fingerprint density at radius 3 is 2.92 bits per heavy atom. The molecule has 1 saturated heterocycles. The third-order valence-corrected chi connectivity index (χ3v) is 5.48. The molecule has 4 rings (SSSR count). The Balaban J connectivity index is 1.84. The Morgan fingerprint density at radius 1 is 1.27 bits per heavy atom. The van der Waals surface area contributed by atoms with Gasteiger partial charge < -0.3 is 10.2 Å². The minimum absolute atomic E-state index is 0.0937. The highest BCUT2D eigenvalue weighted by Crippen LogP contribution is 2.37. The smallest absolute Gasteiger partial charge is 0.294 e. The number of nitro benzene ring substituents is 1. The molecule has 2 aromatic rings. The van der Waals surface area contributed by atoms with E-state index in [0.717, 1.165) is 56.8 Å². The molecule has 0 saturated carbocycles. The number of likely N-dealkylation sites (N-methyl/N-ethyl adjacent to an activating group) is 1. The number of nitro groups is 1. The van der Waals surface area contributed by atoms with E-state index in [4.69, 9.17) is 5.10 Å². The van der Waals surface area contributed by atoms with Crippen LogP contribution in [0.25, 0.3) is 5.69 Å². The zero-order valence-electron chi connectivity index (χ0n) is 15.1. The van der Waals surface area contributed by atoms with E-state index >= 15 is 0 Å². The maximum absolute atomic E-state index is 11.5. The molecule has 1 atom stereocenters. The molecule has 7 heteroatoms. The predicted octanol–water partition coefficient (Wildman–Crippen LogP) is 3.34. The number of benzene rings is 1. The molecule has 3 heterocycles. The number of hydrogen-bond donors (Lipinski definition) is 1. The third kappa shape index (κ3) is 3.07. The number of piperidine rings is 1. The first-order chi connectivity index (χ1) is 12.6. The van der Waals surface area contributed by atoms with E-state index in [-0.39, 0.29) is 10.6 Å². The lowest BCUT2D eigenvalue weighted by atomic mass is 9.91. The summed E-state index contributed by atoms with van der Waals surface area (Å²) in [6.07, 6.45) is 5.51. The number of para-hydroxylation sites is 2. The molecular formula is C19H25N5O2. The lowest BCUT2D eigenvalue weighted by Gasteiger charge is -2.29. The highest BCUT2D eigenvalue weighted by molar-refractivity contribution is 5.60. The summed E-state index contributed by atoms with van der Waals surface area (Å²) < 4.78 is 1.78. The first kappa shape index (κ1) is 17.0. The fourth-order valence-electron chi connectivity index (χ4n) is 4.22. The average Bonchev–Trinajstić information content (AvgIpc) is 2.82. The molecule has 26 heavy (non-hydrogen) atoms. The standard InChI is InChI=1S/C19H25N5O2/c1-22-12-6-7-14(13-22)18-15-8-4-5-11-20-19(15)23(21-18)16-9-2-3-10-17(16)24(25)26/h2-3,9-10,14,20H,4-8,11-13H2,1H3. The molecule has 1 N–H and O–H groups in total. The average molecular weight is 355 g/mol. The maximum Gasteiger partial charge on any atom is 0.294 e. The van der Waals surface area contributed by atoms with Crippen molar-refractivity contribution in [3.63, 3.8) is 0 Å². The predicted molar refractivity (Wildman–Crippen MR) is 101 cm³/mol. The molecule has 0 amide bonds. The van der Waals surface area contributed by atoms with Crippen molar-refractivity contribution in [1.29, 1.82) is 0 Å². The fourth-order valence-corrected chi connectivity index (χ4v) is 4.22. The molecule has 2 aliphatic heterocycles. The lowest BCUT2D eigenvalue weighted by Crippen LogP contribution is -2.31. The molecule has 138 valence electrons. The van der Waals surface area contributed by atoms with Crippen molar-refractivity contribution in [2.75, 3.05) is 32.0 Å². The van der Waals surface area contributed by atoms with Gasteiger partial charge in [-0.3, -0.25) is 10.1 Å². The van der Waals surface area contributed by atoms with Crippen LogP contribution in [-0.2, 0) is 6.42 Å². The van der Waals surface area contributed by atoms with Gasteiger partial charge in [0.05, 0.1) is 10.6 Å². The van der Waals surface area contributed by atoms with Crippen LogP contribution >= 0.6 is 0 Å². The van der Waals surface area contributed by atoms with Crippen LogP contribution in [0.3, 0.4) is 0 Å². The molecule has 0 aliphatic carbocycles. The number of anilines is 1. The van der Waals surface area contributed by atoms with Gasteiger partial charge in [0.2, 0.25) is 0 Å². The van der Waals surface area contributed by atoms with E-state index in [2.05, 4.69) is 17.3 Å². The zero-order valence-corrected chi connectivity index (χ0v) is 15.1. The Hall–Kier alpha value is -2.41. The molecule has 2 aliphatic rings.